The summed E-state index contributed by atoms with van der Waals surface area (Å²) in [5.74, 6) is -0.171. The molecule has 0 bridgehead atoms. The van der Waals surface area contributed by atoms with Gasteiger partial charge in [-0.2, -0.15) is 0 Å². The molecule has 138 valence electrons. The summed E-state index contributed by atoms with van der Waals surface area (Å²) in [4.78, 5) is 40.9. The molecule has 0 aliphatic heterocycles. The molecule has 0 spiro atoms. The van der Waals surface area contributed by atoms with Crippen LogP contribution in [0.25, 0.3) is 11.0 Å². The van der Waals surface area contributed by atoms with Gasteiger partial charge in [-0.25, -0.2) is 9.78 Å². The van der Waals surface area contributed by atoms with Crippen molar-refractivity contribution in [2.45, 2.75) is 25.7 Å². The lowest BCUT2D eigenvalue weighted by Crippen LogP contribution is -2.37. The van der Waals surface area contributed by atoms with E-state index in [9.17, 15) is 14.4 Å². The third-order valence-corrected chi connectivity index (χ3v) is 5.10. The zero-order valence-electron chi connectivity index (χ0n) is 15.3. The van der Waals surface area contributed by atoms with Crippen LogP contribution in [0.1, 0.15) is 23.1 Å². The number of aromatic nitrogens is 3. The number of carbonyl (C=O) groups excluding carboxylic acids is 1. The van der Waals surface area contributed by atoms with E-state index >= 15 is 0 Å². The van der Waals surface area contributed by atoms with Gasteiger partial charge in [0.25, 0.3) is 5.56 Å². The van der Waals surface area contributed by atoms with E-state index in [0.717, 1.165) is 23.0 Å². The average molecular weight is 364 g/mol. The molecular weight excluding hydrogens is 344 g/mol. The zero-order chi connectivity index (χ0) is 19.1. The number of nitrogens with zero attached hydrogens (tertiary/aromatic N) is 3. The molecule has 2 heterocycles. The minimum absolute atomic E-state index is 0.171. The van der Waals surface area contributed by atoms with Crippen LogP contribution in [0.2, 0.25) is 0 Å². The van der Waals surface area contributed by atoms with Crippen molar-refractivity contribution in [2.24, 2.45) is 14.1 Å². The smallest absolute Gasteiger partial charge is 0.324 e. The van der Waals surface area contributed by atoms with Crippen LogP contribution in [0.5, 0.6) is 0 Å². The Kier molecular flexibility index (Phi) is 4.14. The molecule has 0 fully saturated rings. The Hall–Kier alpha value is -3.22. The fraction of sp³-hybridized carbons (Fsp3) is 0.300. The maximum absolute atomic E-state index is 12.4. The van der Waals surface area contributed by atoms with E-state index in [1.807, 2.05) is 6.07 Å². The molecule has 1 aromatic carbocycles. The largest absolute Gasteiger partial charge is 0.332 e. The summed E-state index contributed by atoms with van der Waals surface area (Å²) in [6, 6.07) is 7.76. The van der Waals surface area contributed by atoms with Crippen LogP contribution in [0.4, 0.5) is 5.69 Å². The first-order valence-corrected chi connectivity index (χ1v) is 8.90. The molecule has 4 rings (SSSR count). The summed E-state index contributed by atoms with van der Waals surface area (Å²) in [7, 11) is 2.98. The van der Waals surface area contributed by atoms with Crippen molar-refractivity contribution in [3.05, 3.63) is 68.0 Å². The van der Waals surface area contributed by atoms with Gasteiger partial charge in [-0.15, -0.1) is 0 Å². The van der Waals surface area contributed by atoms with Crippen molar-refractivity contribution in [3.8, 4) is 0 Å². The monoisotopic (exact) mass is 364 g/mol. The van der Waals surface area contributed by atoms with E-state index < -0.39 is 11.2 Å². The van der Waals surface area contributed by atoms with Gasteiger partial charge in [0.1, 0.15) is 5.65 Å². The first-order chi connectivity index (χ1) is 12.9. The van der Waals surface area contributed by atoms with Gasteiger partial charge in [-0.1, -0.05) is 18.2 Å². The number of amides is 1. The lowest BCUT2D eigenvalue weighted by atomic mass is 10.0. The van der Waals surface area contributed by atoms with Crippen molar-refractivity contribution in [1.82, 2.24) is 14.1 Å². The van der Waals surface area contributed by atoms with Crippen LogP contribution >= 0.6 is 0 Å². The fourth-order valence-corrected chi connectivity index (χ4v) is 3.66. The molecule has 0 saturated heterocycles. The molecule has 7 heteroatoms. The first kappa shape index (κ1) is 17.2. The molecule has 1 amide bonds. The topological polar surface area (TPSA) is 86.0 Å². The van der Waals surface area contributed by atoms with Crippen molar-refractivity contribution < 1.29 is 4.79 Å². The number of hydrogen-bond donors (Lipinski definition) is 1. The Morgan fingerprint density at radius 3 is 2.70 bits per heavy atom. The summed E-state index contributed by atoms with van der Waals surface area (Å²) in [6.07, 6.45) is 5.08. The van der Waals surface area contributed by atoms with Gasteiger partial charge >= 0.3 is 5.69 Å². The number of carbonyl (C=O) groups is 1. The van der Waals surface area contributed by atoms with Crippen molar-refractivity contribution >= 4 is 22.6 Å². The number of nitrogens with one attached hydrogen (secondary N) is 1. The fourth-order valence-electron chi connectivity index (χ4n) is 3.66. The van der Waals surface area contributed by atoms with Crippen molar-refractivity contribution in [3.63, 3.8) is 0 Å². The number of rotatable bonds is 3. The number of hydrogen-bond acceptors (Lipinski definition) is 4. The summed E-state index contributed by atoms with van der Waals surface area (Å²) in [5.41, 5.74) is 3.53. The highest BCUT2D eigenvalue weighted by Crippen LogP contribution is 2.23. The minimum atomic E-state index is -0.437. The lowest BCUT2D eigenvalue weighted by Gasteiger charge is -2.10. The molecule has 0 radical (unpaired) electrons. The predicted octanol–water partition coefficient (Wildman–Crippen LogP) is 1.30. The molecule has 0 saturated carbocycles. The molecule has 0 unspecified atom stereocenters. The molecule has 3 aromatic rings. The van der Waals surface area contributed by atoms with E-state index in [0.29, 0.717) is 11.3 Å². The highest BCUT2D eigenvalue weighted by Gasteiger charge is 2.14. The van der Waals surface area contributed by atoms with Gasteiger partial charge in [0.05, 0.1) is 23.7 Å². The Balaban J connectivity index is 1.59. The van der Waals surface area contributed by atoms with E-state index in [4.69, 9.17) is 0 Å². The van der Waals surface area contributed by atoms with Gasteiger partial charge in [0, 0.05) is 14.1 Å². The first-order valence-electron chi connectivity index (χ1n) is 8.90. The van der Waals surface area contributed by atoms with Crippen LogP contribution in [-0.2, 0) is 38.2 Å². The van der Waals surface area contributed by atoms with Crippen LogP contribution in [0.3, 0.4) is 0 Å². The molecule has 1 N–H and O–H groups in total. The Labute approximate surface area is 155 Å². The summed E-state index contributed by atoms with van der Waals surface area (Å²) in [6.45, 7) is 0. The highest BCUT2D eigenvalue weighted by atomic mass is 16.2. The van der Waals surface area contributed by atoms with Crippen molar-refractivity contribution in [2.75, 3.05) is 5.32 Å². The van der Waals surface area contributed by atoms with Gasteiger partial charge in [0.2, 0.25) is 5.91 Å². The van der Waals surface area contributed by atoms with Crippen LogP contribution < -0.4 is 16.6 Å². The lowest BCUT2D eigenvalue weighted by molar-refractivity contribution is -0.115. The molecule has 1 aliphatic rings. The Morgan fingerprint density at radius 1 is 1.11 bits per heavy atom. The number of anilines is 1. The van der Waals surface area contributed by atoms with Gasteiger partial charge < -0.3 is 5.32 Å². The normalized spacial score (nSPS) is 13.0. The van der Waals surface area contributed by atoms with E-state index in [2.05, 4.69) is 22.4 Å². The van der Waals surface area contributed by atoms with Gasteiger partial charge in [-0.05, 0) is 42.0 Å². The number of fused-ring (bicyclic) bond motifs is 2. The Bertz CT molecular complexity index is 1190. The Morgan fingerprint density at radius 2 is 1.89 bits per heavy atom. The summed E-state index contributed by atoms with van der Waals surface area (Å²) >= 11 is 0. The second kappa shape index (κ2) is 6.50. The maximum atomic E-state index is 12.4. The predicted molar refractivity (Wildman–Crippen MR) is 103 cm³/mol. The second-order valence-electron chi connectivity index (χ2n) is 6.98. The van der Waals surface area contributed by atoms with E-state index in [-0.39, 0.29) is 17.7 Å². The maximum Gasteiger partial charge on any atom is 0.332 e. The molecule has 7 nitrogen and oxygen atoms in total. The summed E-state index contributed by atoms with van der Waals surface area (Å²) in [5, 5.41) is 3.08. The zero-order valence-corrected chi connectivity index (χ0v) is 15.3. The van der Waals surface area contributed by atoms with Crippen LogP contribution in [0.15, 0.2) is 40.1 Å². The SMILES string of the molecule is Cn1c(=O)c2cc(NC(=O)Cc3ccc4c(c3)CCC4)cnc2n(C)c1=O. The van der Waals surface area contributed by atoms with E-state index in [1.54, 1.807) is 13.1 Å². The summed E-state index contributed by atoms with van der Waals surface area (Å²) < 4.78 is 2.34. The number of aryl methyl sites for hydroxylation is 3. The van der Waals surface area contributed by atoms with Gasteiger partial charge in [0.15, 0.2) is 0 Å². The highest BCUT2D eigenvalue weighted by molar-refractivity contribution is 5.93. The second-order valence-corrected chi connectivity index (χ2v) is 6.98. The molecule has 27 heavy (non-hydrogen) atoms. The quantitative estimate of drug-likeness (QED) is 0.759. The van der Waals surface area contributed by atoms with Gasteiger partial charge in [-0.3, -0.25) is 18.7 Å². The molecule has 2 aromatic heterocycles. The van der Waals surface area contributed by atoms with E-state index in [1.165, 1.54) is 35.4 Å². The van der Waals surface area contributed by atoms with Crippen molar-refractivity contribution in [1.29, 1.82) is 0 Å². The molecule has 1 aliphatic carbocycles. The third kappa shape index (κ3) is 3.05. The minimum Gasteiger partial charge on any atom is -0.324 e. The van der Waals surface area contributed by atoms with Crippen LogP contribution in [0, 0.1) is 0 Å². The van der Waals surface area contributed by atoms with Crippen LogP contribution in [-0.4, -0.2) is 20.0 Å². The molecular formula is C20H20N4O3. The molecule has 0 atom stereocenters. The number of pyridine rings is 1. The standard InChI is InChI=1S/C20H20N4O3/c1-23-18-16(19(26)24(2)20(23)27)10-15(11-21-18)22-17(25)9-12-6-7-13-4-3-5-14(13)8-12/h6-8,10-11H,3-5,9H2,1-2H3,(H,22,25). The number of benzene rings is 1. The third-order valence-electron chi connectivity index (χ3n) is 5.10. The average Bonchev–Trinajstić information content (AvgIpc) is 3.12.